The van der Waals surface area contributed by atoms with Crippen molar-refractivity contribution in [2.24, 2.45) is 5.73 Å². The standard InChI is InChI=1S/C26H33N3O4/c27-25(32)20-8-4-7-19(13-20)21-14-22-9-10-23(15-21)29(22)12-11-28(26(33)24(31)17-30)16-18-5-2-1-3-6-18/h1-8,13,21-24,30-31H,9-12,14-17H2,(H2,27,32)/t21?,22-,23+,24-/m1/s1. The molecule has 2 amide bonds. The van der Waals surface area contributed by atoms with E-state index in [1.54, 1.807) is 11.0 Å². The fourth-order valence-corrected chi connectivity index (χ4v) is 5.45. The van der Waals surface area contributed by atoms with Gasteiger partial charge < -0.3 is 20.8 Å². The zero-order valence-electron chi connectivity index (χ0n) is 18.8. The maximum atomic E-state index is 12.7. The van der Waals surface area contributed by atoms with Crippen LogP contribution in [0.2, 0.25) is 0 Å². The summed E-state index contributed by atoms with van der Waals surface area (Å²) < 4.78 is 0. The van der Waals surface area contributed by atoms with E-state index in [1.165, 1.54) is 5.56 Å². The third-order valence-electron chi connectivity index (χ3n) is 7.14. The quantitative estimate of drug-likeness (QED) is 0.540. The van der Waals surface area contributed by atoms with Gasteiger partial charge in [-0.2, -0.15) is 0 Å². The number of hydrogen-bond donors (Lipinski definition) is 3. The summed E-state index contributed by atoms with van der Waals surface area (Å²) in [6.07, 6.45) is 2.90. The minimum absolute atomic E-state index is 0.398. The molecule has 7 heteroatoms. The Morgan fingerprint density at radius 2 is 1.76 bits per heavy atom. The molecule has 2 aliphatic rings. The summed E-state index contributed by atoms with van der Waals surface area (Å²) in [5.74, 6) is -0.436. The number of aliphatic hydroxyl groups is 2. The first-order valence-electron chi connectivity index (χ1n) is 11.7. The Hall–Kier alpha value is -2.74. The highest BCUT2D eigenvalue weighted by atomic mass is 16.3. The Morgan fingerprint density at radius 3 is 2.39 bits per heavy atom. The largest absolute Gasteiger partial charge is 0.393 e. The lowest BCUT2D eigenvalue weighted by Crippen LogP contribution is -2.48. The summed E-state index contributed by atoms with van der Waals surface area (Å²) >= 11 is 0. The number of nitrogens with two attached hydrogens (primary N) is 1. The number of benzene rings is 2. The van der Waals surface area contributed by atoms with Gasteiger partial charge in [0.15, 0.2) is 6.10 Å². The van der Waals surface area contributed by atoms with Gasteiger partial charge in [0.25, 0.3) is 5.91 Å². The average Bonchev–Trinajstić information content (AvgIpc) is 3.07. The van der Waals surface area contributed by atoms with Crippen molar-refractivity contribution < 1.29 is 19.8 Å². The second kappa shape index (κ2) is 10.5. The number of hydrogen-bond acceptors (Lipinski definition) is 5. The third kappa shape index (κ3) is 5.43. The van der Waals surface area contributed by atoms with Gasteiger partial charge in [-0.3, -0.25) is 14.5 Å². The van der Waals surface area contributed by atoms with Gasteiger partial charge in [-0.25, -0.2) is 0 Å². The molecule has 2 bridgehead atoms. The second-order valence-electron chi connectivity index (χ2n) is 9.22. The van der Waals surface area contributed by atoms with E-state index >= 15 is 0 Å². The minimum Gasteiger partial charge on any atom is -0.393 e. The Kier molecular flexibility index (Phi) is 7.42. The molecule has 2 aliphatic heterocycles. The number of rotatable bonds is 9. The van der Waals surface area contributed by atoms with Crippen LogP contribution in [0.1, 0.15) is 53.1 Å². The van der Waals surface area contributed by atoms with Crippen molar-refractivity contribution >= 4 is 11.8 Å². The van der Waals surface area contributed by atoms with Gasteiger partial charge in [-0.15, -0.1) is 0 Å². The Balaban J connectivity index is 1.42. The van der Waals surface area contributed by atoms with Crippen LogP contribution in [0.5, 0.6) is 0 Å². The van der Waals surface area contributed by atoms with E-state index in [2.05, 4.69) is 11.0 Å². The molecular weight excluding hydrogens is 418 g/mol. The van der Waals surface area contributed by atoms with Crippen molar-refractivity contribution in [3.63, 3.8) is 0 Å². The van der Waals surface area contributed by atoms with Crippen molar-refractivity contribution in [2.45, 2.75) is 56.3 Å². The topological polar surface area (TPSA) is 107 Å². The number of carbonyl (C=O) groups excluding carboxylic acids is 2. The number of piperidine rings is 1. The zero-order chi connectivity index (χ0) is 23.4. The van der Waals surface area contributed by atoms with Crippen LogP contribution in [-0.4, -0.2) is 69.7 Å². The lowest BCUT2D eigenvalue weighted by molar-refractivity contribution is -0.143. The van der Waals surface area contributed by atoms with E-state index in [0.717, 1.165) is 37.8 Å². The maximum Gasteiger partial charge on any atom is 0.254 e. The lowest BCUT2D eigenvalue weighted by atomic mass is 9.84. The van der Waals surface area contributed by atoms with Crippen LogP contribution in [-0.2, 0) is 11.3 Å². The third-order valence-corrected chi connectivity index (χ3v) is 7.14. The first kappa shape index (κ1) is 23.4. The molecule has 4 N–H and O–H groups in total. The molecule has 2 aromatic rings. The van der Waals surface area contributed by atoms with Crippen LogP contribution in [0.4, 0.5) is 0 Å². The van der Waals surface area contributed by atoms with Crippen LogP contribution in [0, 0.1) is 0 Å². The molecule has 0 aliphatic carbocycles. The summed E-state index contributed by atoms with van der Waals surface area (Å²) in [6, 6.07) is 18.3. The highest BCUT2D eigenvalue weighted by molar-refractivity contribution is 5.92. The van der Waals surface area contributed by atoms with Crippen LogP contribution in [0.3, 0.4) is 0 Å². The predicted molar refractivity (Wildman–Crippen MR) is 125 cm³/mol. The molecule has 33 heavy (non-hydrogen) atoms. The highest BCUT2D eigenvalue weighted by Crippen LogP contribution is 2.43. The van der Waals surface area contributed by atoms with Crippen LogP contribution >= 0.6 is 0 Å². The molecule has 2 fully saturated rings. The highest BCUT2D eigenvalue weighted by Gasteiger charge is 2.41. The van der Waals surface area contributed by atoms with Crippen molar-refractivity contribution in [1.82, 2.24) is 9.80 Å². The molecule has 7 nitrogen and oxygen atoms in total. The molecule has 2 heterocycles. The predicted octanol–water partition coefficient (Wildman–Crippen LogP) is 1.88. The SMILES string of the molecule is NC(=O)c1cccc(C2C[C@H]3CC[C@@H](C2)N3CCN(Cc2ccccc2)C(=O)[C@H](O)CO)c1. The van der Waals surface area contributed by atoms with Gasteiger partial charge in [0.1, 0.15) is 0 Å². The van der Waals surface area contributed by atoms with Gasteiger partial charge in [0.2, 0.25) is 5.91 Å². The van der Waals surface area contributed by atoms with Gasteiger partial charge in [-0.1, -0.05) is 42.5 Å². The molecule has 0 aromatic heterocycles. The summed E-state index contributed by atoms with van der Waals surface area (Å²) in [6.45, 7) is 1.06. The normalized spacial score (nSPS) is 23.3. The number of carbonyl (C=O) groups is 2. The Morgan fingerprint density at radius 1 is 1.06 bits per heavy atom. The zero-order valence-corrected chi connectivity index (χ0v) is 18.8. The van der Waals surface area contributed by atoms with E-state index < -0.39 is 24.5 Å². The molecule has 4 atom stereocenters. The van der Waals surface area contributed by atoms with Gasteiger partial charge in [-0.05, 0) is 54.9 Å². The van der Waals surface area contributed by atoms with Gasteiger partial charge in [0, 0.05) is 37.3 Å². The van der Waals surface area contributed by atoms with E-state index in [-0.39, 0.29) is 0 Å². The van der Waals surface area contributed by atoms with Crippen LogP contribution < -0.4 is 5.73 Å². The number of amides is 2. The fourth-order valence-electron chi connectivity index (χ4n) is 5.45. The fraction of sp³-hybridized carbons (Fsp3) is 0.462. The summed E-state index contributed by atoms with van der Waals surface area (Å²) in [5, 5.41) is 19.2. The van der Waals surface area contributed by atoms with Gasteiger partial charge in [0.05, 0.1) is 6.61 Å². The molecule has 2 aromatic carbocycles. The summed E-state index contributed by atoms with van der Waals surface area (Å²) in [4.78, 5) is 28.5. The van der Waals surface area contributed by atoms with Gasteiger partial charge >= 0.3 is 0 Å². The first-order valence-corrected chi connectivity index (χ1v) is 11.7. The molecule has 2 saturated heterocycles. The Labute approximate surface area is 194 Å². The average molecular weight is 452 g/mol. The summed E-state index contributed by atoms with van der Waals surface area (Å²) in [5.41, 5.74) is 8.19. The van der Waals surface area contributed by atoms with E-state index in [0.29, 0.717) is 36.7 Å². The van der Waals surface area contributed by atoms with Crippen molar-refractivity contribution in [1.29, 1.82) is 0 Å². The van der Waals surface area contributed by atoms with Crippen molar-refractivity contribution in [3.05, 3.63) is 71.3 Å². The molecular formula is C26H33N3O4. The number of fused-ring (bicyclic) bond motifs is 2. The van der Waals surface area contributed by atoms with E-state index in [4.69, 9.17) is 5.73 Å². The minimum atomic E-state index is -1.39. The first-order chi connectivity index (χ1) is 16.0. The number of aliphatic hydroxyl groups excluding tert-OH is 2. The molecule has 176 valence electrons. The second-order valence-corrected chi connectivity index (χ2v) is 9.22. The maximum absolute atomic E-state index is 12.7. The summed E-state index contributed by atoms with van der Waals surface area (Å²) in [7, 11) is 0. The van der Waals surface area contributed by atoms with Crippen LogP contribution in [0.25, 0.3) is 0 Å². The lowest BCUT2D eigenvalue weighted by Gasteiger charge is -2.40. The molecule has 1 unspecified atom stereocenters. The monoisotopic (exact) mass is 451 g/mol. The molecule has 0 saturated carbocycles. The van der Waals surface area contributed by atoms with E-state index in [9.17, 15) is 19.8 Å². The molecule has 0 spiro atoms. The molecule has 4 rings (SSSR count). The Bertz CT molecular complexity index is 953. The smallest absolute Gasteiger partial charge is 0.254 e. The van der Waals surface area contributed by atoms with Crippen molar-refractivity contribution in [3.8, 4) is 0 Å². The number of nitrogens with zero attached hydrogens (tertiary/aromatic N) is 2. The van der Waals surface area contributed by atoms with Crippen molar-refractivity contribution in [2.75, 3.05) is 19.7 Å². The van der Waals surface area contributed by atoms with E-state index in [1.807, 2.05) is 42.5 Å². The molecule has 0 radical (unpaired) electrons. The van der Waals surface area contributed by atoms with Crippen LogP contribution in [0.15, 0.2) is 54.6 Å². The number of primary amides is 1.